The van der Waals surface area contributed by atoms with Crippen LogP contribution in [0.15, 0.2) is 124 Å². The molecule has 2 aliphatic rings. The monoisotopic (exact) mass is 849 g/mol. The van der Waals surface area contributed by atoms with Crippen LogP contribution in [0.5, 0.6) is 0 Å². The van der Waals surface area contributed by atoms with Crippen LogP contribution >= 0.6 is 35.0 Å². The van der Waals surface area contributed by atoms with E-state index in [0.717, 1.165) is 57.2 Å². The highest BCUT2D eigenvalue weighted by atomic mass is 35.5. The molecular weight excluding hydrogens is 794 g/mol. The summed E-state index contributed by atoms with van der Waals surface area (Å²) in [6, 6.07) is 26.2. The molecule has 11 heteroatoms. The highest BCUT2D eigenvalue weighted by Gasteiger charge is 2.39. The average Bonchev–Trinajstić information content (AvgIpc) is 3.43. The smallest absolute Gasteiger partial charge is 0.247 e. The van der Waals surface area contributed by atoms with E-state index in [0.29, 0.717) is 6.42 Å². The molecule has 6 rings (SSSR count). The molecule has 8 nitrogen and oxygen atoms in total. The van der Waals surface area contributed by atoms with Crippen LogP contribution < -0.4 is 21.1 Å². The van der Waals surface area contributed by atoms with Crippen LogP contribution in [-0.2, 0) is 22.0 Å². The van der Waals surface area contributed by atoms with Gasteiger partial charge in [0.1, 0.15) is 0 Å². The Bertz CT molecular complexity index is 2210. The van der Waals surface area contributed by atoms with E-state index in [1.54, 1.807) is 0 Å². The molecule has 0 spiro atoms. The van der Waals surface area contributed by atoms with Crippen molar-refractivity contribution in [3.05, 3.63) is 146 Å². The van der Waals surface area contributed by atoms with E-state index in [4.69, 9.17) is 23.2 Å². The minimum Gasteiger partial charge on any atom is -0.385 e. The van der Waals surface area contributed by atoms with Gasteiger partial charge in [0.15, 0.2) is 0 Å². The number of carbonyl (C=O) groups is 1. The molecule has 59 heavy (non-hydrogen) atoms. The Kier molecular flexibility index (Phi) is 15.0. The van der Waals surface area contributed by atoms with E-state index in [1.807, 2.05) is 11.8 Å². The van der Waals surface area contributed by atoms with Crippen molar-refractivity contribution < 1.29 is 4.79 Å². The zero-order valence-electron chi connectivity index (χ0n) is 35.2. The van der Waals surface area contributed by atoms with Crippen molar-refractivity contribution in [1.29, 1.82) is 0 Å². The van der Waals surface area contributed by atoms with Crippen LogP contribution in [-0.4, -0.2) is 33.9 Å². The lowest BCUT2D eigenvalue weighted by Crippen LogP contribution is -2.30. The van der Waals surface area contributed by atoms with Gasteiger partial charge in [-0.15, -0.1) is 0 Å². The lowest BCUT2D eigenvalue weighted by atomic mass is 9.80. The number of rotatable bonds is 17. The van der Waals surface area contributed by atoms with E-state index < -0.39 is 0 Å². The Hall–Kier alpha value is -4.57. The van der Waals surface area contributed by atoms with Crippen molar-refractivity contribution >= 4 is 58.2 Å². The van der Waals surface area contributed by atoms with Crippen LogP contribution in [0.1, 0.15) is 103 Å². The summed E-state index contributed by atoms with van der Waals surface area (Å²) >= 11 is 13.5. The molecule has 3 aromatic carbocycles. The number of para-hydroxylation sites is 2. The first-order valence-corrected chi connectivity index (χ1v) is 22.4. The number of benzene rings is 3. The first-order valence-electron chi connectivity index (χ1n) is 20.8. The van der Waals surface area contributed by atoms with Gasteiger partial charge in [-0.2, -0.15) is 15.0 Å². The Balaban J connectivity index is 1.24. The summed E-state index contributed by atoms with van der Waals surface area (Å²) < 4.78 is 0. The first-order chi connectivity index (χ1) is 28.4. The van der Waals surface area contributed by atoms with Crippen molar-refractivity contribution in [3.63, 3.8) is 0 Å². The van der Waals surface area contributed by atoms with E-state index >= 15 is 0 Å². The highest BCUT2D eigenvalue weighted by molar-refractivity contribution is 8.03. The zero-order valence-corrected chi connectivity index (χ0v) is 37.5. The van der Waals surface area contributed by atoms with E-state index in [1.165, 1.54) is 49.1 Å². The SMILES string of the molecule is CCCNc1ccccc1C(C)(C)C/C=C/C1=C(Sc2ccc(CCC(=O)NNc3nc(Cl)nc(Cl)n3)cc2)C(=C/C=C2/N(CCC)c3ccccc3C2(C)C)/CCC1. The number of anilines is 3. The maximum Gasteiger partial charge on any atom is 0.247 e. The van der Waals surface area contributed by atoms with Crippen LogP contribution in [0, 0.1) is 0 Å². The minimum atomic E-state index is -0.210. The molecule has 1 amide bonds. The second-order valence-corrected chi connectivity index (χ2v) is 18.1. The lowest BCUT2D eigenvalue weighted by molar-refractivity contribution is -0.120. The topological polar surface area (TPSA) is 95.1 Å². The number of allylic oxidation sites excluding steroid dienone is 7. The van der Waals surface area contributed by atoms with Gasteiger partial charge < -0.3 is 10.2 Å². The molecule has 0 bridgehead atoms. The molecule has 0 radical (unpaired) electrons. The Morgan fingerprint density at radius 1 is 0.915 bits per heavy atom. The van der Waals surface area contributed by atoms with Gasteiger partial charge in [0.05, 0.1) is 0 Å². The van der Waals surface area contributed by atoms with Crippen LogP contribution in [0.2, 0.25) is 10.6 Å². The maximum absolute atomic E-state index is 12.6. The summed E-state index contributed by atoms with van der Waals surface area (Å²) in [6.45, 7) is 15.8. The van der Waals surface area contributed by atoms with E-state index in [-0.39, 0.29) is 39.7 Å². The largest absolute Gasteiger partial charge is 0.385 e. The van der Waals surface area contributed by atoms with E-state index in [2.05, 4.69) is 175 Å². The molecule has 0 fully saturated rings. The van der Waals surface area contributed by atoms with Gasteiger partial charge in [0, 0.05) is 51.8 Å². The molecule has 0 saturated heterocycles. The first kappa shape index (κ1) is 44.0. The molecule has 1 aliphatic heterocycles. The number of thioether (sulfide) groups is 1. The van der Waals surface area contributed by atoms with Crippen LogP contribution in [0.4, 0.5) is 17.3 Å². The predicted molar refractivity (Wildman–Crippen MR) is 248 cm³/mol. The van der Waals surface area contributed by atoms with Gasteiger partial charge in [0.2, 0.25) is 22.4 Å². The van der Waals surface area contributed by atoms with Crippen molar-refractivity contribution in [2.45, 2.75) is 109 Å². The number of fused-ring (bicyclic) bond motifs is 1. The number of amides is 1. The Morgan fingerprint density at radius 3 is 2.39 bits per heavy atom. The number of hydrazine groups is 1. The minimum absolute atomic E-state index is 0.0394. The average molecular weight is 851 g/mol. The van der Waals surface area contributed by atoms with Gasteiger partial charge in [-0.05, 0) is 132 Å². The molecule has 310 valence electrons. The second kappa shape index (κ2) is 20.1. The molecule has 3 N–H and O–H groups in total. The molecule has 1 aliphatic carbocycles. The maximum atomic E-state index is 12.6. The third-order valence-corrected chi connectivity index (χ3v) is 12.6. The van der Waals surface area contributed by atoms with E-state index in [9.17, 15) is 4.79 Å². The third kappa shape index (κ3) is 11.2. The van der Waals surface area contributed by atoms with Crippen molar-refractivity contribution in [3.8, 4) is 0 Å². The molecule has 2 heterocycles. The van der Waals surface area contributed by atoms with Crippen molar-refractivity contribution in [2.24, 2.45) is 0 Å². The fourth-order valence-electron chi connectivity index (χ4n) is 7.90. The standard InChI is InChI=1S/C48H57Cl2N7OS/c1-7-31-51-39-20-11-9-18-37(39)47(3,4)30-14-17-34-15-13-16-35(25-28-41-48(5,6)38-19-10-12-21-40(38)57(41)32-8-2)43(34)59-36-26-22-33(23-27-36)24-29-42(58)55-56-46-53-44(49)52-45(50)54-46/h9-12,14,17-23,25-28,51H,7-8,13,15-16,24,29-32H2,1-6H3,(H,55,58)(H,52,53,54,56)/b17-14+,35-25+,41-28+. The predicted octanol–water partition coefficient (Wildman–Crippen LogP) is 12.5. The number of hydrogen-bond donors (Lipinski definition) is 3. The van der Waals surface area contributed by atoms with Crippen molar-refractivity contribution in [2.75, 3.05) is 28.7 Å². The Labute approximate surface area is 365 Å². The van der Waals surface area contributed by atoms with Crippen LogP contribution in [0.25, 0.3) is 0 Å². The molecule has 1 aromatic heterocycles. The molecule has 0 saturated carbocycles. The van der Waals surface area contributed by atoms with Gasteiger partial charge >= 0.3 is 0 Å². The molecule has 4 aromatic rings. The van der Waals surface area contributed by atoms with Crippen LogP contribution in [0.3, 0.4) is 0 Å². The quantitative estimate of drug-likeness (QED) is 0.0904. The molecule has 0 unspecified atom stereocenters. The molecule has 0 atom stereocenters. The fraction of sp³-hybridized carbons (Fsp3) is 0.375. The highest BCUT2D eigenvalue weighted by Crippen LogP contribution is 2.48. The number of halogens is 2. The summed E-state index contributed by atoms with van der Waals surface area (Å²) in [5, 5.41) is 3.53. The summed E-state index contributed by atoms with van der Waals surface area (Å²) in [6.07, 6.45) is 16.7. The van der Waals surface area contributed by atoms with Gasteiger partial charge in [-0.1, -0.05) is 120 Å². The van der Waals surface area contributed by atoms with Gasteiger partial charge in [0.25, 0.3) is 0 Å². The number of nitrogens with one attached hydrogen (secondary N) is 3. The fourth-order valence-corrected chi connectivity index (χ4v) is 9.37. The number of aryl methyl sites for hydroxylation is 1. The number of carbonyl (C=O) groups excluding carboxylic acids is 1. The zero-order chi connectivity index (χ0) is 42.0. The Morgan fingerprint density at radius 2 is 1.64 bits per heavy atom. The number of nitrogens with zero attached hydrogens (tertiary/aromatic N) is 4. The van der Waals surface area contributed by atoms with Gasteiger partial charge in [-0.25, -0.2) is 0 Å². The molecular formula is C48H57Cl2N7OS. The number of aromatic nitrogens is 3. The number of hydrogen-bond acceptors (Lipinski definition) is 8. The third-order valence-electron chi connectivity index (χ3n) is 11.0. The summed E-state index contributed by atoms with van der Waals surface area (Å²) in [5.41, 5.74) is 15.6. The summed E-state index contributed by atoms with van der Waals surface area (Å²) in [7, 11) is 0. The van der Waals surface area contributed by atoms with Crippen molar-refractivity contribution in [1.82, 2.24) is 20.4 Å². The lowest BCUT2D eigenvalue weighted by Gasteiger charge is -2.28. The normalized spacial score (nSPS) is 16.6. The van der Waals surface area contributed by atoms with Gasteiger partial charge in [-0.3, -0.25) is 15.6 Å². The second-order valence-electron chi connectivity index (χ2n) is 16.3. The summed E-state index contributed by atoms with van der Waals surface area (Å²) in [4.78, 5) is 29.2. The summed E-state index contributed by atoms with van der Waals surface area (Å²) in [5.74, 6) is -0.136.